The average Bonchev–Trinajstić information content (AvgIpc) is 3.27. The van der Waals surface area contributed by atoms with E-state index in [4.69, 9.17) is 13.9 Å². The molecule has 2 aromatic carbocycles. The van der Waals surface area contributed by atoms with Gasteiger partial charge in [0.2, 0.25) is 0 Å². The molecule has 0 aliphatic carbocycles. The minimum atomic E-state index is -2.60. The Kier molecular flexibility index (Phi) is 30.8. The molecule has 2 aromatic rings. The van der Waals surface area contributed by atoms with E-state index in [1.165, 1.54) is 114 Å². The van der Waals surface area contributed by atoms with Crippen LogP contribution in [0.5, 0.6) is 0 Å². The van der Waals surface area contributed by atoms with Gasteiger partial charge in [0.05, 0.1) is 14.2 Å². The Bertz CT molecular complexity index is 1390. The minimum absolute atomic E-state index is 0.0109. The molecule has 0 amide bonds. The van der Waals surface area contributed by atoms with E-state index in [9.17, 15) is 9.59 Å². The van der Waals surface area contributed by atoms with Crippen LogP contribution in [-0.4, -0.2) is 40.6 Å². The fourth-order valence-electron chi connectivity index (χ4n) is 8.17. The van der Waals surface area contributed by atoms with E-state index in [1.54, 1.807) is 0 Å². The lowest BCUT2D eigenvalue weighted by Crippen LogP contribution is -2.67. The largest absolute Gasteiger partial charge is 0.469 e. The Hall–Kier alpha value is -3.48. The lowest BCUT2D eigenvalue weighted by atomic mass is 10.0. The maximum atomic E-state index is 11.2. The van der Waals surface area contributed by atoms with Gasteiger partial charge >= 0.3 is 11.9 Å². The summed E-state index contributed by atoms with van der Waals surface area (Å²) in [5.41, 5.74) is 0. The van der Waals surface area contributed by atoms with Gasteiger partial charge in [-0.15, -0.1) is 0 Å². The quantitative estimate of drug-likeness (QED) is 0.0296. The van der Waals surface area contributed by atoms with E-state index in [-0.39, 0.29) is 23.1 Å². The van der Waals surface area contributed by atoms with Gasteiger partial charge in [-0.1, -0.05) is 194 Å². The summed E-state index contributed by atoms with van der Waals surface area (Å²) in [5.74, 6) is -0.221. The Morgan fingerprint density at radius 1 is 0.475 bits per heavy atom. The molecule has 0 radical (unpaired) electrons. The van der Waals surface area contributed by atoms with Gasteiger partial charge < -0.3 is 13.9 Å². The number of hydrogen-bond acceptors (Lipinski definition) is 5. The molecule has 0 aliphatic heterocycles. The molecular formula is C55H86O5Si. The number of methoxy groups -OCH3 is 2. The molecule has 0 aromatic heterocycles. The highest BCUT2D eigenvalue weighted by Gasteiger charge is 2.51. The van der Waals surface area contributed by atoms with Crippen molar-refractivity contribution in [1.82, 2.24) is 0 Å². The number of ether oxygens (including phenoxy) is 2. The smallest absolute Gasteiger partial charge is 0.305 e. The molecule has 2 rings (SSSR count). The Balaban J connectivity index is 1.80. The molecule has 0 atom stereocenters. The van der Waals surface area contributed by atoms with Gasteiger partial charge in [-0.25, -0.2) is 0 Å². The van der Waals surface area contributed by atoms with E-state index in [2.05, 4.69) is 130 Å². The van der Waals surface area contributed by atoms with Crippen molar-refractivity contribution in [1.29, 1.82) is 0 Å². The SMILES string of the molecule is COC(=O)CCCC/C=C\C/C=C\CCCCCCCCC(CCCCCCCC/C=C\C/C=C\CCCCC(=O)OC)O[Si](c1ccccc1)(c1ccccc1)C(C)(C)C. The molecule has 0 spiro atoms. The third kappa shape index (κ3) is 24.7. The third-order valence-corrected chi connectivity index (χ3v) is 16.8. The van der Waals surface area contributed by atoms with Crippen molar-refractivity contribution in [2.24, 2.45) is 0 Å². The van der Waals surface area contributed by atoms with Crippen LogP contribution in [0.2, 0.25) is 5.04 Å². The Morgan fingerprint density at radius 2 is 0.803 bits per heavy atom. The summed E-state index contributed by atoms with van der Waals surface area (Å²) in [5, 5.41) is 2.76. The Labute approximate surface area is 375 Å². The molecule has 5 nitrogen and oxygen atoms in total. The standard InChI is InChI=1S/C55H86O5Si/c1-55(2,3)61(51-44-36-32-37-45-51,52-46-38-33-39-47-52)60-50(42-34-28-24-20-16-12-8-6-10-14-18-22-26-30-40-48-53(56)58-4)43-35-29-25-21-17-13-9-7-11-15-19-23-27-31-41-49-54(57)59-5/h6-7,10-11,18-19,22-23,32-33,36-39,44-47,50H,8-9,12-17,20-21,24-31,34-35,40-43,48-49H2,1-5H3/b10-6-,11-7-,22-18-,23-19-. The van der Waals surface area contributed by atoms with Crippen LogP contribution in [0.4, 0.5) is 0 Å². The normalized spacial score (nSPS) is 12.5. The number of benzene rings is 2. The highest BCUT2D eigenvalue weighted by atomic mass is 28.4. The van der Waals surface area contributed by atoms with Crippen LogP contribution in [0.25, 0.3) is 0 Å². The second kappa shape index (κ2) is 35.0. The zero-order chi connectivity index (χ0) is 44.1. The maximum absolute atomic E-state index is 11.2. The van der Waals surface area contributed by atoms with Crippen molar-refractivity contribution in [3.63, 3.8) is 0 Å². The van der Waals surface area contributed by atoms with Gasteiger partial charge in [-0.2, -0.15) is 0 Å². The average molecular weight is 855 g/mol. The molecule has 0 bridgehead atoms. The molecule has 0 saturated heterocycles. The van der Waals surface area contributed by atoms with Crippen LogP contribution in [0, 0.1) is 0 Å². The zero-order valence-electron chi connectivity index (χ0n) is 39.4. The van der Waals surface area contributed by atoms with Crippen LogP contribution < -0.4 is 10.4 Å². The Morgan fingerprint density at radius 3 is 1.15 bits per heavy atom. The maximum Gasteiger partial charge on any atom is 0.305 e. The summed E-state index contributed by atoms with van der Waals surface area (Å²) in [6, 6.07) is 22.4. The summed E-state index contributed by atoms with van der Waals surface area (Å²) < 4.78 is 17.1. The predicted octanol–water partition coefficient (Wildman–Crippen LogP) is 14.6. The van der Waals surface area contributed by atoms with Gasteiger partial charge in [-0.3, -0.25) is 9.59 Å². The molecule has 0 fully saturated rings. The highest BCUT2D eigenvalue weighted by molar-refractivity contribution is 6.99. The van der Waals surface area contributed by atoms with Crippen molar-refractivity contribution in [2.75, 3.05) is 14.2 Å². The first-order valence-electron chi connectivity index (χ1n) is 24.3. The first-order chi connectivity index (χ1) is 29.7. The number of unbranched alkanes of at least 4 members (excludes halogenated alkanes) is 16. The van der Waals surface area contributed by atoms with Gasteiger partial charge in [0.1, 0.15) is 0 Å². The first kappa shape index (κ1) is 53.7. The molecule has 61 heavy (non-hydrogen) atoms. The van der Waals surface area contributed by atoms with Crippen molar-refractivity contribution < 1.29 is 23.5 Å². The summed E-state index contributed by atoms with van der Waals surface area (Å²) >= 11 is 0. The molecule has 0 saturated carbocycles. The summed E-state index contributed by atoms with van der Waals surface area (Å²) in [7, 11) is 0.310. The highest BCUT2D eigenvalue weighted by Crippen LogP contribution is 2.38. The second-order valence-corrected chi connectivity index (χ2v) is 22.1. The monoisotopic (exact) mass is 855 g/mol. The molecule has 0 heterocycles. The van der Waals surface area contributed by atoms with Crippen LogP contribution in [0.3, 0.4) is 0 Å². The van der Waals surface area contributed by atoms with E-state index in [0.717, 1.165) is 64.2 Å². The van der Waals surface area contributed by atoms with E-state index in [1.807, 2.05) is 0 Å². The summed E-state index contributed by atoms with van der Waals surface area (Å²) in [6.07, 6.45) is 47.5. The molecule has 340 valence electrons. The number of esters is 2. The van der Waals surface area contributed by atoms with Crippen LogP contribution in [-0.2, 0) is 23.5 Å². The van der Waals surface area contributed by atoms with Gasteiger partial charge in [0.25, 0.3) is 8.32 Å². The lowest BCUT2D eigenvalue weighted by molar-refractivity contribution is -0.141. The lowest BCUT2D eigenvalue weighted by Gasteiger charge is -2.45. The van der Waals surface area contributed by atoms with E-state index in [0.29, 0.717) is 12.8 Å². The number of carbonyl (C=O) groups excluding carboxylic acids is 2. The number of hydrogen-bond donors (Lipinski definition) is 0. The second-order valence-electron chi connectivity index (χ2n) is 17.8. The van der Waals surface area contributed by atoms with Crippen LogP contribution in [0.15, 0.2) is 109 Å². The fourth-order valence-corrected chi connectivity index (χ4v) is 12.9. The zero-order valence-corrected chi connectivity index (χ0v) is 40.4. The molecule has 0 N–H and O–H groups in total. The van der Waals surface area contributed by atoms with Crippen molar-refractivity contribution in [2.45, 2.75) is 199 Å². The third-order valence-electron chi connectivity index (χ3n) is 11.7. The van der Waals surface area contributed by atoms with E-state index < -0.39 is 8.32 Å². The number of carbonyl (C=O) groups is 2. The summed E-state index contributed by atoms with van der Waals surface area (Å²) in [6.45, 7) is 7.22. The van der Waals surface area contributed by atoms with Gasteiger partial charge in [0.15, 0.2) is 0 Å². The summed E-state index contributed by atoms with van der Waals surface area (Å²) in [4.78, 5) is 22.4. The van der Waals surface area contributed by atoms with Crippen molar-refractivity contribution in [3.8, 4) is 0 Å². The van der Waals surface area contributed by atoms with Crippen LogP contribution >= 0.6 is 0 Å². The van der Waals surface area contributed by atoms with Crippen molar-refractivity contribution in [3.05, 3.63) is 109 Å². The fraction of sp³-hybridized carbons (Fsp3) is 0.600. The molecular weight excluding hydrogens is 769 g/mol. The molecule has 0 aliphatic rings. The minimum Gasteiger partial charge on any atom is -0.469 e. The predicted molar refractivity (Wildman–Crippen MR) is 263 cm³/mol. The van der Waals surface area contributed by atoms with E-state index >= 15 is 0 Å². The first-order valence-corrected chi connectivity index (χ1v) is 26.2. The number of allylic oxidation sites excluding steroid dienone is 8. The topological polar surface area (TPSA) is 61.8 Å². The van der Waals surface area contributed by atoms with Crippen molar-refractivity contribution >= 4 is 30.6 Å². The van der Waals surface area contributed by atoms with Crippen LogP contribution in [0.1, 0.15) is 188 Å². The van der Waals surface area contributed by atoms with Gasteiger partial charge in [0, 0.05) is 18.9 Å². The molecule has 0 unspecified atom stereocenters. The van der Waals surface area contributed by atoms with Gasteiger partial charge in [-0.05, 0) is 105 Å². The molecule has 6 heteroatoms. The number of rotatable bonds is 36.